The van der Waals surface area contributed by atoms with Crippen LogP contribution in [0.15, 0.2) is 0 Å². The summed E-state index contributed by atoms with van der Waals surface area (Å²) in [5.41, 5.74) is 0. The molecular formula is C17H30F3N3O. The fraction of sp³-hybridized carbons (Fsp3) is 0.941. The fourth-order valence-corrected chi connectivity index (χ4v) is 3.92. The van der Waals surface area contributed by atoms with Crippen molar-refractivity contribution in [3.63, 3.8) is 0 Å². The second kappa shape index (κ2) is 8.04. The van der Waals surface area contributed by atoms with Crippen LogP contribution < -0.4 is 5.32 Å². The average Bonchev–Trinajstić information content (AvgIpc) is 2.45. The maximum atomic E-state index is 12.5. The van der Waals surface area contributed by atoms with E-state index in [2.05, 4.69) is 19.2 Å². The molecule has 1 aliphatic carbocycles. The highest BCUT2D eigenvalue weighted by Crippen LogP contribution is 2.29. The highest BCUT2D eigenvalue weighted by Gasteiger charge is 2.35. The van der Waals surface area contributed by atoms with Crippen LogP contribution in [0.25, 0.3) is 0 Å². The van der Waals surface area contributed by atoms with Gasteiger partial charge in [0.05, 0.1) is 13.1 Å². The molecule has 0 spiro atoms. The third-order valence-corrected chi connectivity index (χ3v) is 5.65. The van der Waals surface area contributed by atoms with Gasteiger partial charge in [-0.05, 0) is 25.2 Å². The summed E-state index contributed by atoms with van der Waals surface area (Å²) < 4.78 is 37.6. The maximum Gasteiger partial charge on any atom is 0.401 e. The van der Waals surface area contributed by atoms with Gasteiger partial charge in [0.2, 0.25) is 5.91 Å². The molecule has 1 heterocycles. The lowest BCUT2D eigenvalue weighted by molar-refractivity contribution is -0.155. The van der Waals surface area contributed by atoms with Gasteiger partial charge in [0.25, 0.3) is 0 Å². The van der Waals surface area contributed by atoms with Crippen molar-refractivity contribution in [3.8, 4) is 0 Å². The smallest absolute Gasteiger partial charge is 0.352 e. The first kappa shape index (κ1) is 19.5. The summed E-state index contributed by atoms with van der Waals surface area (Å²) >= 11 is 0. The zero-order valence-corrected chi connectivity index (χ0v) is 14.9. The van der Waals surface area contributed by atoms with Gasteiger partial charge in [0.1, 0.15) is 0 Å². The van der Waals surface area contributed by atoms with Gasteiger partial charge in [0.15, 0.2) is 0 Å². The van der Waals surface area contributed by atoms with Crippen LogP contribution in [-0.2, 0) is 4.79 Å². The molecular weight excluding hydrogens is 319 g/mol. The topological polar surface area (TPSA) is 35.6 Å². The predicted molar refractivity (Wildman–Crippen MR) is 87.6 cm³/mol. The summed E-state index contributed by atoms with van der Waals surface area (Å²) in [5.74, 6) is 1.10. The maximum absolute atomic E-state index is 12.5. The Morgan fingerprint density at radius 1 is 1.17 bits per heavy atom. The Bertz CT molecular complexity index is 430. The number of halogens is 3. The molecule has 1 aliphatic heterocycles. The Labute approximate surface area is 142 Å². The third-order valence-electron chi connectivity index (χ3n) is 5.65. The Balaban J connectivity index is 1.77. The first-order valence-corrected chi connectivity index (χ1v) is 8.98. The Hall–Kier alpha value is -0.820. The van der Waals surface area contributed by atoms with Gasteiger partial charge >= 0.3 is 6.18 Å². The van der Waals surface area contributed by atoms with Crippen LogP contribution in [-0.4, -0.2) is 66.7 Å². The van der Waals surface area contributed by atoms with E-state index >= 15 is 0 Å². The number of amides is 1. The number of carbonyl (C=O) groups excluding carboxylic acids is 1. The van der Waals surface area contributed by atoms with Gasteiger partial charge in [-0.25, -0.2) is 0 Å². The summed E-state index contributed by atoms with van der Waals surface area (Å²) in [6, 6.07) is 0.0343. The van der Waals surface area contributed by atoms with Crippen LogP contribution in [0.2, 0.25) is 0 Å². The van der Waals surface area contributed by atoms with E-state index in [0.717, 1.165) is 12.8 Å². The minimum Gasteiger partial charge on any atom is -0.352 e. The minimum atomic E-state index is -4.17. The van der Waals surface area contributed by atoms with Crippen LogP contribution in [0.5, 0.6) is 0 Å². The van der Waals surface area contributed by atoms with Gasteiger partial charge in [-0.15, -0.1) is 0 Å². The van der Waals surface area contributed by atoms with Crippen molar-refractivity contribution in [2.45, 2.75) is 58.3 Å². The number of carbonyl (C=O) groups is 1. The molecule has 0 aromatic rings. The highest BCUT2D eigenvalue weighted by molar-refractivity contribution is 5.78. The normalized spacial score (nSPS) is 33.4. The number of piperazine rings is 1. The van der Waals surface area contributed by atoms with E-state index in [1.165, 1.54) is 11.3 Å². The lowest BCUT2D eigenvalue weighted by Crippen LogP contribution is -2.56. The number of nitrogens with zero attached hydrogens (tertiary/aromatic N) is 2. The molecule has 0 aromatic carbocycles. The third kappa shape index (κ3) is 5.62. The number of rotatable bonds is 4. The van der Waals surface area contributed by atoms with Crippen LogP contribution in [0.4, 0.5) is 13.2 Å². The molecule has 0 radical (unpaired) electrons. The summed E-state index contributed by atoms with van der Waals surface area (Å²) in [6.45, 7) is 6.97. The summed E-state index contributed by atoms with van der Waals surface area (Å²) in [6.07, 6.45) is -0.787. The van der Waals surface area contributed by atoms with Crippen LogP contribution >= 0.6 is 0 Å². The zero-order valence-electron chi connectivity index (χ0n) is 14.9. The molecule has 4 atom stereocenters. The number of hydrogen-bond acceptors (Lipinski definition) is 3. The number of alkyl halides is 3. The molecule has 1 saturated carbocycles. The van der Waals surface area contributed by atoms with Crippen LogP contribution in [0.1, 0.15) is 40.0 Å². The van der Waals surface area contributed by atoms with Crippen molar-refractivity contribution in [1.29, 1.82) is 0 Å². The molecule has 2 fully saturated rings. The van der Waals surface area contributed by atoms with E-state index in [9.17, 15) is 18.0 Å². The van der Waals surface area contributed by atoms with E-state index in [0.29, 0.717) is 31.5 Å². The van der Waals surface area contributed by atoms with Crippen molar-refractivity contribution < 1.29 is 18.0 Å². The standard InChI is InChI=1S/C17H30F3N3O/c1-12-5-4-6-15(14(12)3)21-16(24)10-22-7-8-23(13(2)9-22)11-17(18,19)20/h12-15H,4-11H2,1-3H3,(H,21,24)/t12-,13-,14+,15+/m1/s1. The molecule has 7 heteroatoms. The molecule has 0 aromatic heterocycles. The monoisotopic (exact) mass is 349 g/mol. The quantitative estimate of drug-likeness (QED) is 0.847. The van der Waals surface area contributed by atoms with E-state index in [4.69, 9.17) is 0 Å². The van der Waals surface area contributed by atoms with Crippen LogP contribution in [0.3, 0.4) is 0 Å². The molecule has 1 amide bonds. The van der Waals surface area contributed by atoms with E-state index in [1.54, 1.807) is 6.92 Å². The first-order valence-electron chi connectivity index (χ1n) is 8.98. The van der Waals surface area contributed by atoms with Crippen molar-refractivity contribution in [1.82, 2.24) is 15.1 Å². The lowest BCUT2D eigenvalue weighted by atomic mass is 9.78. The minimum absolute atomic E-state index is 0.00239. The molecule has 4 nitrogen and oxygen atoms in total. The molecule has 0 unspecified atom stereocenters. The predicted octanol–water partition coefficient (Wildman–Crippen LogP) is 2.50. The molecule has 1 N–H and O–H groups in total. The summed E-state index contributed by atoms with van der Waals surface area (Å²) in [5, 5.41) is 3.14. The fourth-order valence-electron chi connectivity index (χ4n) is 3.92. The number of hydrogen-bond donors (Lipinski definition) is 1. The van der Waals surface area contributed by atoms with Gasteiger partial charge in [-0.2, -0.15) is 13.2 Å². The SMILES string of the molecule is C[C@H]1[C@H](C)CCC[C@@H]1NC(=O)CN1CCN(CC(F)(F)F)[C@H](C)C1. The molecule has 24 heavy (non-hydrogen) atoms. The second-order valence-electron chi connectivity index (χ2n) is 7.61. The Morgan fingerprint density at radius 3 is 2.50 bits per heavy atom. The molecule has 2 aliphatic rings. The van der Waals surface area contributed by atoms with Crippen molar-refractivity contribution in [2.24, 2.45) is 11.8 Å². The largest absolute Gasteiger partial charge is 0.401 e. The molecule has 1 saturated heterocycles. The van der Waals surface area contributed by atoms with E-state index in [1.807, 2.05) is 4.90 Å². The van der Waals surface area contributed by atoms with Gasteiger partial charge in [-0.1, -0.05) is 26.7 Å². The van der Waals surface area contributed by atoms with Crippen molar-refractivity contribution >= 4 is 5.91 Å². The Kier molecular flexibility index (Phi) is 6.53. The molecule has 2 rings (SSSR count). The van der Waals surface area contributed by atoms with Crippen molar-refractivity contribution in [3.05, 3.63) is 0 Å². The van der Waals surface area contributed by atoms with E-state index in [-0.39, 0.29) is 24.5 Å². The summed E-state index contributed by atoms with van der Waals surface area (Å²) in [4.78, 5) is 15.7. The Morgan fingerprint density at radius 2 is 1.88 bits per heavy atom. The van der Waals surface area contributed by atoms with Crippen molar-refractivity contribution in [2.75, 3.05) is 32.7 Å². The average molecular weight is 349 g/mol. The zero-order chi connectivity index (χ0) is 17.9. The van der Waals surface area contributed by atoms with Gasteiger partial charge in [-0.3, -0.25) is 14.6 Å². The van der Waals surface area contributed by atoms with E-state index < -0.39 is 12.7 Å². The number of nitrogens with one attached hydrogen (secondary N) is 1. The van der Waals surface area contributed by atoms with Gasteiger partial charge < -0.3 is 5.32 Å². The summed E-state index contributed by atoms with van der Waals surface area (Å²) in [7, 11) is 0. The lowest BCUT2D eigenvalue weighted by Gasteiger charge is -2.40. The van der Waals surface area contributed by atoms with Gasteiger partial charge in [0, 0.05) is 31.7 Å². The highest BCUT2D eigenvalue weighted by atomic mass is 19.4. The first-order chi connectivity index (χ1) is 11.2. The van der Waals surface area contributed by atoms with Crippen LogP contribution in [0, 0.1) is 11.8 Å². The molecule has 140 valence electrons. The molecule has 0 bridgehead atoms. The second-order valence-corrected chi connectivity index (χ2v) is 7.61.